The Morgan fingerprint density at radius 1 is 1.35 bits per heavy atom. The average Bonchev–Trinajstić information content (AvgIpc) is 3.26. The molecular weight excluding hydrogens is 404 g/mol. The van der Waals surface area contributed by atoms with Crippen LogP contribution in [0.25, 0.3) is 0 Å². The van der Waals surface area contributed by atoms with Gasteiger partial charge in [-0.15, -0.1) is 6.58 Å². The van der Waals surface area contributed by atoms with E-state index in [2.05, 4.69) is 6.58 Å². The fraction of sp³-hybridized carbons (Fsp3) is 0.478. The SMILES string of the molecule is C=CCC12C=C(O)C(=O)C(OC)(C(c3cc(OC)c4c(c3)OCO4)C1C)C2OC(C)=O. The quantitative estimate of drug-likeness (QED) is 0.543. The second-order valence-electron chi connectivity index (χ2n) is 8.17. The van der Waals surface area contributed by atoms with Gasteiger partial charge in [-0.05, 0) is 36.1 Å². The van der Waals surface area contributed by atoms with E-state index in [0.29, 0.717) is 29.2 Å². The molecule has 1 fully saturated rings. The summed E-state index contributed by atoms with van der Waals surface area (Å²) in [5.41, 5.74) is -1.84. The van der Waals surface area contributed by atoms with Crippen molar-refractivity contribution < 1.29 is 38.4 Å². The first-order valence-corrected chi connectivity index (χ1v) is 10.0. The van der Waals surface area contributed by atoms with E-state index in [-0.39, 0.29) is 12.7 Å². The molecule has 5 atom stereocenters. The Morgan fingerprint density at radius 2 is 2.10 bits per heavy atom. The fourth-order valence-electron chi connectivity index (χ4n) is 5.63. The molecule has 0 spiro atoms. The van der Waals surface area contributed by atoms with Crippen LogP contribution in [0.4, 0.5) is 0 Å². The number of rotatable bonds is 6. The largest absolute Gasteiger partial charge is 0.505 e. The second kappa shape index (κ2) is 7.30. The zero-order valence-electron chi connectivity index (χ0n) is 18.0. The summed E-state index contributed by atoms with van der Waals surface area (Å²) >= 11 is 0. The molecule has 1 heterocycles. The molecule has 1 aliphatic heterocycles. The molecule has 1 aromatic rings. The van der Waals surface area contributed by atoms with Crippen LogP contribution in [0, 0.1) is 11.3 Å². The van der Waals surface area contributed by atoms with Gasteiger partial charge in [0.05, 0.1) is 7.11 Å². The molecule has 0 saturated heterocycles. The smallest absolute Gasteiger partial charge is 0.303 e. The van der Waals surface area contributed by atoms with Crippen molar-refractivity contribution in [1.29, 1.82) is 0 Å². The molecule has 8 nitrogen and oxygen atoms in total. The number of methoxy groups -OCH3 is 2. The molecule has 0 aromatic heterocycles. The van der Waals surface area contributed by atoms with Crippen LogP contribution in [0.5, 0.6) is 17.2 Å². The Labute approximate surface area is 180 Å². The molecule has 2 bridgehead atoms. The molecule has 1 N–H and O–H groups in total. The minimum atomic E-state index is -1.63. The number of allylic oxidation sites excluding steroid dienone is 1. The van der Waals surface area contributed by atoms with Gasteiger partial charge in [0.2, 0.25) is 18.3 Å². The summed E-state index contributed by atoms with van der Waals surface area (Å²) in [6, 6.07) is 3.55. The summed E-state index contributed by atoms with van der Waals surface area (Å²) < 4.78 is 28.2. The summed E-state index contributed by atoms with van der Waals surface area (Å²) in [6.45, 7) is 7.14. The lowest BCUT2D eigenvalue weighted by Crippen LogP contribution is -2.58. The van der Waals surface area contributed by atoms with Crippen LogP contribution >= 0.6 is 0 Å². The topological polar surface area (TPSA) is 101 Å². The predicted octanol–water partition coefficient (Wildman–Crippen LogP) is 3.06. The van der Waals surface area contributed by atoms with E-state index < -0.39 is 40.5 Å². The van der Waals surface area contributed by atoms with E-state index in [0.717, 1.165) is 0 Å². The van der Waals surface area contributed by atoms with Crippen molar-refractivity contribution in [3.8, 4) is 17.2 Å². The summed E-state index contributed by atoms with van der Waals surface area (Å²) in [5.74, 6) is -1.03. The van der Waals surface area contributed by atoms with Crippen molar-refractivity contribution in [1.82, 2.24) is 0 Å². The molecule has 4 rings (SSSR count). The highest BCUT2D eigenvalue weighted by Crippen LogP contribution is 2.65. The highest BCUT2D eigenvalue weighted by Gasteiger charge is 2.74. The van der Waals surface area contributed by atoms with E-state index in [1.165, 1.54) is 27.2 Å². The lowest BCUT2D eigenvalue weighted by molar-refractivity contribution is -0.181. The van der Waals surface area contributed by atoms with E-state index in [1.807, 2.05) is 6.92 Å². The van der Waals surface area contributed by atoms with E-state index in [1.54, 1.807) is 18.2 Å². The lowest BCUT2D eigenvalue weighted by atomic mass is 9.69. The number of aliphatic hydroxyl groups excluding tert-OH is 1. The van der Waals surface area contributed by atoms with Gasteiger partial charge in [-0.3, -0.25) is 9.59 Å². The molecule has 1 aromatic carbocycles. The number of ketones is 1. The van der Waals surface area contributed by atoms with Crippen LogP contribution in [0.2, 0.25) is 0 Å². The fourth-order valence-corrected chi connectivity index (χ4v) is 5.63. The maximum absolute atomic E-state index is 13.4. The molecule has 2 aliphatic carbocycles. The normalized spacial score (nSPS) is 33.1. The number of ether oxygens (including phenoxy) is 5. The Hall–Kier alpha value is -3.00. The first kappa shape index (κ1) is 21.2. The average molecular weight is 430 g/mol. The number of benzene rings is 1. The number of carbonyl (C=O) groups is 2. The Balaban J connectivity index is 1.99. The van der Waals surface area contributed by atoms with Crippen LogP contribution in [-0.4, -0.2) is 49.6 Å². The van der Waals surface area contributed by atoms with Gasteiger partial charge >= 0.3 is 5.97 Å². The van der Waals surface area contributed by atoms with Gasteiger partial charge in [0, 0.05) is 25.4 Å². The van der Waals surface area contributed by atoms with Crippen molar-refractivity contribution in [3.05, 3.63) is 42.2 Å². The molecule has 3 aliphatic rings. The third-order valence-electron chi connectivity index (χ3n) is 6.84. The molecule has 166 valence electrons. The zero-order chi connectivity index (χ0) is 22.6. The van der Waals surface area contributed by atoms with Crippen LogP contribution < -0.4 is 14.2 Å². The monoisotopic (exact) mass is 430 g/mol. The first-order valence-electron chi connectivity index (χ1n) is 10.0. The highest BCUT2D eigenvalue weighted by atomic mass is 16.7. The van der Waals surface area contributed by atoms with Crippen LogP contribution in [0.1, 0.15) is 31.7 Å². The Kier molecular flexibility index (Phi) is 5.00. The Morgan fingerprint density at radius 3 is 2.71 bits per heavy atom. The van der Waals surface area contributed by atoms with E-state index in [9.17, 15) is 14.7 Å². The number of Topliss-reactive ketones (excluding diaryl/α,β-unsaturated/α-hetero) is 1. The van der Waals surface area contributed by atoms with Gasteiger partial charge in [-0.2, -0.15) is 0 Å². The number of esters is 1. The molecule has 8 heteroatoms. The maximum Gasteiger partial charge on any atom is 0.303 e. The van der Waals surface area contributed by atoms with Crippen LogP contribution in [0.3, 0.4) is 0 Å². The summed E-state index contributed by atoms with van der Waals surface area (Å²) in [6.07, 6.45) is 2.60. The number of hydrogen-bond donors (Lipinski definition) is 1. The first-order chi connectivity index (χ1) is 14.8. The van der Waals surface area contributed by atoms with Crippen molar-refractivity contribution in [3.63, 3.8) is 0 Å². The standard InChI is InChI=1S/C23H26O8/c1-6-7-22-10-15(25)20(26)23(28-5,21(22)31-13(3)24)18(12(22)2)14-8-16(27-4)19-17(9-14)29-11-30-19/h6,8-10,12,18,21,25H,1,7,11H2,2-5H3. The number of hydrogen-bond acceptors (Lipinski definition) is 8. The Bertz CT molecular complexity index is 982. The van der Waals surface area contributed by atoms with Crippen molar-refractivity contribution >= 4 is 11.8 Å². The summed E-state index contributed by atoms with van der Waals surface area (Å²) in [4.78, 5) is 25.5. The van der Waals surface area contributed by atoms with E-state index >= 15 is 0 Å². The van der Waals surface area contributed by atoms with Crippen molar-refractivity contribution in [2.24, 2.45) is 11.3 Å². The summed E-state index contributed by atoms with van der Waals surface area (Å²) in [5, 5.41) is 10.6. The minimum Gasteiger partial charge on any atom is -0.505 e. The van der Waals surface area contributed by atoms with Crippen LogP contribution in [0.15, 0.2) is 36.6 Å². The van der Waals surface area contributed by atoms with Gasteiger partial charge in [-0.1, -0.05) is 13.0 Å². The second-order valence-corrected chi connectivity index (χ2v) is 8.17. The molecule has 0 amide bonds. The lowest BCUT2D eigenvalue weighted by Gasteiger charge is -2.43. The third-order valence-corrected chi connectivity index (χ3v) is 6.84. The predicted molar refractivity (Wildman–Crippen MR) is 109 cm³/mol. The maximum atomic E-state index is 13.4. The number of carbonyl (C=O) groups excluding carboxylic acids is 2. The molecule has 1 saturated carbocycles. The van der Waals surface area contributed by atoms with Gasteiger partial charge < -0.3 is 28.8 Å². The van der Waals surface area contributed by atoms with Gasteiger partial charge in [-0.25, -0.2) is 0 Å². The molecule has 31 heavy (non-hydrogen) atoms. The zero-order valence-corrected chi connectivity index (χ0v) is 18.0. The molecule has 5 unspecified atom stereocenters. The van der Waals surface area contributed by atoms with Crippen LogP contribution in [-0.2, 0) is 19.1 Å². The van der Waals surface area contributed by atoms with Crippen molar-refractivity contribution in [2.75, 3.05) is 21.0 Å². The number of aliphatic hydroxyl groups is 1. The molecule has 0 radical (unpaired) electrons. The third kappa shape index (κ3) is 2.70. The van der Waals surface area contributed by atoms with E-state index in [4.69, 9.17) is 23.7 Å². The minimum absolute atomic E-state index is 0.0581. The van der Waals surface area contributed by atoms with Crippen molar-refractivity contribution in [2.45, 2.75) is 37.9 Å². The number of fused-ring (bicyclic) bond motifs is 3. The van der Waals surface area contributed by atoms with Gasteiger partial charge in [0.15, 0.2) is 22.9 Å². The highest BCUT2D eigenvalue weighted by molar-refractivity contribution is 6.04. The van der Waals surface area contributed by atoms with Gasteiger partial charge in [0.1, 0.15) is 6.10 Å². The van der Waals surface area contributed by atoms with Gasteiger partial charge in [0.25, 0.3) is 0 Å². The summed E-state index contributed by atoms with van der Waals surface area (Å²) in [7, 11) is 2.91. The molecular formula is C23H26O8.